The average Bonchev–Trinajstić information content (AvgIpc) is 2.68. The molecule has 0 rings (SSSR count). The van der Waals surface area contributed by atoms with Crippen LogP contribution in [-0.4, -0.2) is 78.6 Å². The molecule has 27 heavy (non-hydrogen) atoms. The van der Waals surface area contributed by atoms with E-state index < -0.39 is 5.97 Å². The maximum Gasteiger partial charge on any atom is 0.330 e. The summed E-state index contributed by atoms with van der Waals surface area (Å²) in [6.07, 6.45) is 7.40. The molecule has 0 aliphatic carbocycles. The number of ether oxygens (including phenoxy) is 6. The Kier molecular flexibility index (Phi) is 22.2. The highest BCUT2D eigenvalue weighted by atomic mass is 16.6. The second-order valence-corrected chi connectivity index (χ2v) is 5.85. The van der Waals surface area contributed by atoms with Crippen molar-refractivity contribution in [2.24, 2.45) is 0 Å². The summed E-state index contributed by atoms with van der Waals surface area (Å²) in [7, 11) is 0. The molecule has 0 radical (unpaired) electrons. The molecule has 7 nitrogen and oxygen atoms in total. The number of hydrogen-bond acceptors (Lipinski definition) is 7. The van der Waals surface area contributed by atoms with Gasteiger partial charge in [-0.3, -0.25) is 0 Å². The topological polar surface area (TPSA) is 72.5 Å². The van der Waals surface area contributed by atoms with E-state index >= 15 is 0 Å². The van der Waals surface area contributed by atoms with Gasteiger partial charge in [-0.05, 0) is 6.42 Å². The zero-order valence-electron chi connectivity index (χ0n) is 17.0. The van der Waals surface area contributed by atoms with Crippen molar-refractivity contribution in [3.05, 3.63) is 12.7 Å². The van der Waals surface area contributed by atoms with E-state index in [4.69, 9.17) is 28.4 Å². The first-order chi connectivity index (χ1) is 13.3. The van der Waals surface area contributed by atoms with Crippen LogP contribution in [0.15, 0.2) is 12.7 Å². The Morgan fingerprint density at radius 1 is 0.630 bits per heavy atom. The molecule has 0 bridgehead atoms. The molecule has 0 N–H and O–H groups in total. The summed E-state index contributed by atoms with van der Waals surface area (Å²) in [5, 5.41) is 0. The van der Waals surface area contributed by atoms with Crippen LogP contribution in [0.25, 0.3) is 0 Å². The number of hydrogen-bond donors (Lipinski definition) is 0. The molecular formula is C20H38O7. The van der Waals surface area contributed by atoms with Gasteiger partial charge < -0.3 is 28.4 Å². The number of unbranched alkanes of at least 4 members (excludes halogenated alkanes) is 4. The monoisotopic (exact) mass is 390 g/mol. The number of esters is 1. The number of carbonyl (C=O) groups excluding carboxylic acids is 1. The lowest BCUT2D eigenvalue weighted by atomic mass is 10.2. The molecule has 0 atom stereocenters. The average molecular weight is 391 g/mol. The molecule has 7 heteroatoms. The minimum atomic E-state index is -0.443. The third kappa shape index (κ3) is 23.0. The van der Waals surface area contributed by atoms with Crippen LogP contribution in [0.2, 0.25) is 0 Å². The van der Waals surface area contributed by atoms with Crippen molar-refractivity contribution in [2.45, 2.75) is 39.0 Å². The van der Waals surface area contributed by atoms with Gasteiger partial charge in [-0.25, -0.2) is 4.79 Å². The van der Waals surface area contributed by atoms with E-state index in [1.165, 1.54) is 25.7 Å². The Morgan fingerprint density at radius 3 is 1.48 bits per heavy atom. The predicted octanol–water partition coefficient (Wildman–Crippen LogP) is 2.77. The third-order valence-electron chi connectivity index (χ3n) is 3.52. The highest BCUT2D eigenvalue weighted by Gasteiger charge is 1.96. The zero-order valence-corrected chi connectivity index (χ0v) is 17.0. The Labute approximate surface area is 164 Å². The molecule has 0 fully saturated rings. The molecule has 160 valence electrons. The molecule has 0 aromatic heterocycles. The van der Waals surface area contributed by atoms with Crippen molar-refractivity contribution in [3.8, 4) is 0 Å². The van der Waals surface area contributed by atoms with E-state index in [2.05, 4.69) is 13.5 Å². The molecule has 0 amide bonds. The third-order valence-corrected chi connectivity index (χ3v) is 3.52. The smallest absolute Gasteiger partial charge is 0.330 e. The van der Waals surface area contributed by atoms with Crippen LogP contribution in [0, 0.1) is 0 Å². The largest absolute Gasteiger partial charge is 0.460 e. The highest BCUT2D eigenvalue weighted by molar-refractivity contribution is 5.81. The minimum Gasteiger partial charge on any atom is -0.460 e. The normalized spacial score (nSPS) is 10.9. The minimum absolute atomic E-state index is 0.220. The Bertz CT molecular complexity index is 323. The van der Waals surface area contributed by atoms with Crippen molar-refractivity contribution >= 4 is 5.97 Å². The first-order valence-corrected chi connectivity index (χ1v) is 9.99. The molecule has 0 heterocycles. The van der Waals surface area contributed by atoms with E-state index in [-0.39, 0.29) is 6.61 Å². The Morgan fingerprint density at radius 2 is 1.04 bits per heavy atom. The second kappa shape index (κ2) is 23.0. The van der Waals surface area contributed by atoms with Crippen LogP contribution < -0.4 is 0 Å². The van der Waals surface area contributed by atoms with Crippen molar-refractivity contribution in [1.29, 1.82) is 0 Å². The highest BCUT2D eigenvalue weighted by Crippen LogP contribution is 2.02. The van der Waals surface area contributed by atoms with E-state index in [0.717, 1.165) is 19.1 Å². The summed E-state index contributed by atoms with van der Waals surface area (Å²) in [6.45, 7) is 11.2. The van der Waals surface area contributed by atoms with Crippen molar-refractivity contribution in [1.82, 2.24) is 0 Å². The number of carbonyl (C=O) groups is 1. The van der Waals surface area contributed by atoms with Crippen molar-refractivity contribution < 1.29 is 33.2 Å². The van der Waals surface area contributed by atoms with Crippen LogP contribution in [0.4, 0.5) is 0 Å². The van der Waals surface area contributed by atoms with E-state index in [1.54, 1.807) is 0 Å². The predicted molar refractivity (Wildman–Crippen MR) is 104 cm³/mol. The van der Waals surface area contributed by atoms with Crippen LogP contribution in [-0.2, 0) is 33.2 Å². The number of rotatable bonds is 22. The van der Waals surface area contributed by atoms with Crippen LogP contribution >= 0.6 is 0 Å². The molecule has 0 aromatic carbocycles. The summed E-state index contributed by atoms with van der Waals surface area (Å²) in [6, 6.07) is 0. The SMILES string of the molecule is C=CC(=O)OCCOCCOCCOCCOCCOCCCCCCC. The molecule has 0 aromatic rings. The maximum atomic E-state index is 10.8. The summed E-state index contributed by atoms with van der Waals surface area (Å²) in [5.74, 6) is -0.443. The fourth-order valence-electron chi connectivity index (χ4n) is 2.05. The van der Waals surface area contributed by atoms with Crippen LogP contribution in [0.1, 0.15) is 39.0 Å². The molecule has 0 aliphatic heterocycles. The maximum absolute atomic E-state index is 10.8. The van der Waals surface area contributed by atoms with E-state index in [1.807, 2.05) is 0 Å². The molecule has 0 saturated carbocycles. The van der Waals surface area contributed by atoms with Crippen LogP contribution in [0.3, 0.4) is 0 Å². The van der Waals surface area contributed by atoms with Crippen molar-refractivity contribution in [2.75, 3.05) is 72.7 Å². The quantitative estimate of drug-likeness (QED) is 0.160. The fourth-order valence-corrected chi connectivity index (χ4v) is 2.05. The summed E-state index contributed by atoms with van der Waals surface area (Å²) < 4.78 is 31.7. The van der Waals surface area contributed by atoms with Crippen molar-refractivity contribution in [3.63, 3.8) is 0 Å². The van der Waals surface area contributed by atoms with E-state index in [0.29, 0.717) is 59.5 Å². The lowest BCUT2D eigenvalue weighted by Gasteiger charge is -2.08. The lowest BCUT2D eigenvalue weighted by molar-refractivity contribution is -0.139. The summed E-state index contributed by atoms with van der Waals surface area (Å²) in [4.78, 5) is 10.8. The van der Waals surface area contributed by atoms with Gasteiger partial charge in [-0.1, -0.05) is 39.2 Å². The standard InChI is InChI=1S/C20H38O7/c1-3-5-6-7-8-9-22-10-11-23-12-13-24-14-15-25-16-17-26-18-19-27-20(21)4-2/h4H,2-3,5-19H2,1H3. The van der Waals surface area contributed by atoms with Gasteiger partial charge in [-0.2, -0.15) is 0 Å². The van der Waals surface area contributed by atoms with Gasteiger partial charge in [0.2, 0.25) is 0 Å². The van der Waals surface area contributed by atoms with Gasteiger partial charge in [0, 0.05) is 12.7 Å². The Balaban J connectivity index is 3.01. The zero-order chi connectivity index (χ0) is 19.8. The Hall–Kier alpha value is -0.990. The molecular weight excluding hydrogens is 352 g/mol. The fraction of sp³-hybridized carbons (Fsp3) is 0.850. The second-order valence-electron chi connectivity index (χ2n) is 5.85. The van der Waals surface area contributed by atoms with E-state index in [9.17, 15) is 4.79 Å². The molecule has 0 spiro atoms. The molecule has 0 saturated heterocycles. The first-order valence-electron chi connectivity index (χ1n) is 9.99. The summed E-state index contributed by atoms with van der Waals surface area (Å²) in [5.41, 5.74) is 0. The van der Waals surface area contributed by atoms with Gasteiger partial charge >= 0.3 is 5.97 Å². The lowest BCUT2D eigenvalue weighted by Crippen LogP contribution is -2.14. The van der Waals surface area contributed by atoms with Gasteiger partial charge in [-0.15, -0.1) is 0 Å². The first kappa shape index (κ1) is 26.0. The van der Waals surface area contributed by atoms with Gasteiger partial charge in [0.05, 0.1) is 59.5 Å². The molecule has 0 aliphatic rings. The van der Waals surface area contributed by atoms with Crippen LogP contribution in [0.5, 0.6) is 0 Å². The van der Waals surface area contributed by atoms with Gasteiger partial charge in [0.25, 0.3) is 0 Å². The van der Waals surface area contributed by atoms with Gasteiger partial charge in [0.15, 0.2) is 0 Å². The molecule has 0 unspecified atom stereocenters. The van der Waals surface area contributed by atoms with Gasteiger partial charge in [0.1, 0.15) is 6.61 Å². The summed E-state index contributed by atoms with van der Waals surface area (Å²) >= 11 is 0.